The van der Waals surface area contributed by atoms with Gasteiger partial charge in [-0.05, 0) is 48.5 Å². The normalized spacial score (nSPS) is 13.2. The van der Waals surface area contributed by atoms with Crippen LogP contribution in [0, 0.1) is 0 Å². The molecule has 4 aromatic rings. The van der Waals surface area contributed by atoms with Gasteiger partial charge in [-0.1, -0.05) is 30.3 Å². The maximum absolute atomic E-state index is 4.79. The second-order valence-corrected chi connectivity index (χ2v) is 7.25. The Morgan fingerprint density at radius 2 is 1.06 bits per heavy atom. The van der Waals surface area contributed by atoms with Gasteiger partial charge >= 0.3 is 0 Å². The van der Waals surface area contributed by atoms with Gasteiger partial charge in [0.2, 0.25) is 0 Å². The fraction of sp³-hybridized carbons (Fsp3) is 0.0800. The zero-order valence-corrected chi connectivity index (χ0v) is 16.9. The van der Waals surface area contributed by atoms with Crippen LogP contribution in [-0.4, -0.2) is 22.4 Å². The fourth-order valence-corrected chi connectivity index (χ4v) is 3.43. The third kappa shape index (κ3) is 4.53. The van der Waals surface area contributed by atoms with Gasteiger partial charge in [0.25, 0.3) is 0 Å². The highest BCUT2D eigenvalue weighted by Crippen LogP contribution is 2.26. The van der Waals surface area contributed by atoms with E-state index in [1.54, 1.807) is 0 Å². The summed E-state index contributed by atoms with van der Waals surface area (Å²) < 4.78 is 0. The van der Waals surface area contributed by atoms with Crippen LogP contribution in [0.1, 0.15) is 22.8 Å². The second-order valence-electron chi connectivity index (χ2n) is 7.25. The van der Waals surface area contributed by atoms with Gasteiger partial charge in [-0.2, -0.15) is 0 Å². The summed E-state index contributed by atoms with van der Waals surface area (Å²) in [6, 6.07) is 26.1. The maximum Gasteiger partial charge on any atom is 0.0861 e. The zero-order valence-electron chi connectivity index (χ0n) is 16.9. The first kappa shape index (κ1) is 18.8. The summed E-state index contributed by atoms with van der Waals surface area (Å²) in [7, 11) is 0. The molecular weight excluding hydrogens is 384 g/mol. The number of benzene rings is 2. The van der Waals surface area contributed by atoms with E-state index in [-0.39, 0.29) is 0 Å². The predicted molar refractivity (Wildman–Crippen MR) is 127 cm³/mol. The largest absolute Gasteiger partial charge is 0.378 e. The van der Waals surface area contributed by atoms with Crippen LogP contribution in [-0.2, 0) is 13.1 Å². The van der Waals surface area contributed by atoms with E-state index in [4.69, 9.17) is 4.98 Å². The van der Waals surface area contributed by atoms with E-state index in [9.17, 15) is 0 Å². The Morgan fingerprint density at radius 1 is 0.548 bits per heavy atom. The van der Waals surface area contributed by atoms with Crippen molar-refractivity contribution in [2.75, 3.05) is 10.6 Å². The molecule has 6 heteroatoms. The zero-order chi connectivity index (χ0) is 20.9. The molecule has 0 atom stereocenters. The molecule has 2 aromatic carbocycles. The Bertz CT molecular complexity index is 1160. The Hall–Kier alpha value is -4.19. The van der Waals surface area contributed by atoms with Gasteiger partial charge < -0.3 is 15.6 Å². The third-order valence-corrected chi connectivity index (χ3v) is 5.01. The molecule has 1 aliphatic rings. The lowest BCUT2D eigenvalue weighted by Crippen LogP contribution is -2.06. The molecule has 31 heavy (non-hydrogen) atoms. The van der Waals surface area contributed by atoms with E-state index in [2.05, 4.69) is 25.6 Å². The van der Waals surface area contributed by atoms with Gasteiger partial charge in [0.05, 0.1) is 71.0 Å². The summed E-state index contributed by atoms with van der Waals surface area (Å²) in [5.41, 5.74) is 7.45. The summed E-state index contributed by atoms with van der Waals surface area (Å²) in [4.78, 5) is 17.5. The van der Waals surface area contributed by atoms with Gasteiger partial charge in [-0.15, -0.1) is 0 Å². The number of rotatable bonds is 0. The summed E-state index contributed by atoms with van der Waals surface area (Å²) in [6.45, 7) is 1.24. The Morgan fingerprint density at radius 3 is 1.61 bits per heavy atom. The number of nitrogens with zero attached hydrogens (tertiary/aromatic N) is 3. The lowest BCUT2D eigenvalue weighted by atomic mass is 10.2. The van der Waals surface area contributed by atoms with Crippen molar-refractivity contribution in [2.24, 2.45) is 9.98 Å². The van der Waals surface area contributed by atoms with E-state index >= 15 is 0 Å². The van der Waals surface area contributed by atoms with E-state index in [0.717, 1.165) is 45.5 Å². The monoisotopic (exact) mass is 406 g/mol. The number of aliphatic imine (C=N–C) groups is 2. The first-order chi connectivity index (χ1) is 15.3. The lowest BCUT2D eigenvalue weighted by Gasteiger charge is -2.11. The minimum Gasteiger partial charge on any atom is -0.378 e. The van der Waals surface area contributed by atoms with Crippen molar-refractivity contribution >= 4 is 35.2 Å². The highest BCUT2D eigenvalue weighted by Gasteiger charge is 2.05. The molecule has 5 rings (SSSR count). The topological polar surface area (TPSA) is 77.5 Å². The van der Waals surface area contributed by atoms with E-state index in [1.165, 1.54) is 0 Å². The van der Waals surface area contributed by atoms with Crippen molar-refractivity contribution in [1.82, 2.24) is 9.97 Å². The number of nitrogens with one attached hydrogen (secondary N) is 3. The number of hydrogen-bond acceptors (Lipinski definition) is 5. The molecule has 0 saturated carbocycles. The lowest BCUT2D eigenvalue weighted by molar-refractivity contribution is 0.966. The number of anilines is 2. The Labute approximate surface area is 180 Å². The van der Waals surface area contributed by atoms with Crippen LogP contribution in [0.5, 0.6) is 0 Å². The average molecular weight is 406 g/mol. The summed E-state index contributed by atoms with van der Waals surface area (Å²) in [5, 5.41) is 6.93. The van der Waals surface area contributed by atoms with Crippen molar-refractivity contribution in [3.05, 3.63) is 102 Å². The molecule has 3 N–H and O–H groups in total. The van der Waals surface area contributed by atoms with E-state index < -0.39 is 0 Å². The highest BCUT2D eigenvalue weighted by molar-refractivity contribution is 5.87. The molecule has 6 nitrogen and oxygen atoms in total. The minimum atomic E-state index is 0.619. The summed E-state index contributed by atoms with van der Waals surface area (Å²) >= 11 is 0. The molecule has 152 valence electrons. The van der Waals surface area contributed by atoms with E-state index in [1.807, 2.05) is 91.3 Å². The van der Waals surface area contributed by atoms with Gasteiger partial charge in [-0.3, -0.25) is 15.0 Å². The summed E-state index contributed by atoms with van der Waals surface area (Å²) in [5.74, 6) is 0. The molecule has 0 unspecified atom stereocenters. The Kier molecular flexibility index (Phi) is 5.26. The molecule has 2 aromatic heterocycles. The SMILES string of the molecule is C1=Nc2ccccc2NCc2cccc(n2)CNc2ccccc2N=Cc2ccc1[nH]2. The molecule has 3 heterocycles. The van der Waals surface area contributed by atoms with Crippen molar-refractivity contribution in [3.8, 4) is 0 Å². The Balaban J connectivity index is 1.53. The minimum absolute atomic E-state index is 0.619. The van der Waals surface area contributed by atoms with Gasteiger partial charge in [-0.25, -0.2) is 0 Å². The van der Waals surface area contributed by atoms with Crippen LogP contribution in [0.25, 0.3) is 0 Å². The molecule has 0 saturated heterocycles. The first-order valence-electron chi connectivity index (χ1n) is 10.2. The van der Waals surface area contributed by atoms with Crippen LogP contribution in [0.4, 0.5) is 22.7 Å². The molecule has 0 aliphatic carbocycles. The number of pyridine rings is 1. The number of hydrogen-bond donors (Lipinski definition) is 3. The maximum atomic E-state index is 4.79. The van der Waals surface area contributed by atoms with Gasteiger partial charge in [0, 0.05) is 0 Å². The number of fused-ring (bicyclic) bond motifs is 6. The molecule has 0 fully saturated rings. The van der Waals surface area contributed by atoms with E-state index in [0.29, 0.717) is 13.1 Å². The number of aromatic nitrogens is 2. The van der Waals surface area contributed by atoms with Crippen molar-refractivity contribution in [1.29, 1.82) is 0 Å². The van der Waals surface area contributed by atoms with Crippen LogP contribution in [0.2, 0.25) is 0 Å². The molecule has 1 aliphatic heterocycles. The molecular formula is C25H22N6. The number of aromatic amines is 1. The molecule has 4 bridgehead atoms. The average Bonchev–Trinajstić information content (AvgIpc) is 3.27. The van der Waals surface area contributed by atoms with Crippen LogP contribution < -0.4 is 10.6 Å². The van der Waals surface area contributed by atoms with Crippen molar-refractivity contribution in [2.45, 2.75) is 13.1 Å². The predicted octanol–water partition coefficient (Wildman–Crippen LogP) is 5.45. The summed E-state index contributed by atoms with van der Waals surface area (Å²) in [6.07, 6.45) is 3.66. The van der Waals surface area contributed by atoms with Gasteiger partial charge in [0.1, 0.15) is 0 Å². The van der Waals surface area contributed by atoms with Crippen LogP contribution in [0.15, 0.2) is 88.8 Å². The van der Waals surface area contributed by atoms with Crippen molar-refractivity contribution < 1.29 is 0 Å². The molecule has 0 spiro atoms. The van der Waals surface area contributed by atoms with Gasteiger partial charge in [0.15, 0.2) is 0 Å². The second kappa shape index (κ2) is 8.67. The van der Waals surface area contributed by atoms with Crippen LogP contribution >= 0.6 is 0 Å². The quantitative estimate of drug-likeness (QED) is 0.363. The highest BCUT2D eigenvalue weighted by atomic mass is 15.0. The fourth-order valence-electron chi connectivity index (χ4n) is 3.43. The number of para-hydroxylation sites is 4. The molecule has 0 amide bonds. The first-order valence-corrected chi connectivity index (χ1v) is 10.2. The third-order valence-electron chi connectivity index (χ3n) is 5.01. The number of H-pyrrole nitrogens is 1. The van der Waals surface area contributed by atoms with Crippen LogP contribution in [0.3, 0.4) is 0 Å². The smallest absolute Gasteiger partial charge is 0.0861 e. The van der Waals surface area contributed by atoms with Crippen molar-refractivity contribution in [3.63, 3.8) is 0 Å². The molecule has 0 radical (unpaired) electrons. The standard InChI is InChI=1S/C25H22N6/c1-3-10-24-22(8-1)26-14-18-6-5-7-19(30-18)15-27-23-9-2-4-11-25(23)29-17-21-13-12-20(31-21)16-28-24/h1-13,16-17,26-27,31H,14-15H2.